The lowest BCUT2D eigenvalue weighted by Gasteiger charge is -2.22. The molecule has 0 amide bonds. The molecule has 2 aromatic carbocycles. The van der Waals surface area contributed by atoms with E-state index in [-0.39, 0.29) is 0 Å². The fraction of sp³-hybridized carbons (Fsp3) is 0.300. The molecule has 0 atom stereocenters. The van der Waals surface area contributed by atoms with Crippen LogP contribution in [0.25, 0.3) is 11.4 Å². The normalized spacial score (nSPS) is 13.5. The average Bonchev–Trinajstić information content (AvgIpc) is 2.59. The summed E-state index contributed by atoms with van der Waals surface area (Å²) in [6.07, 6.45) is 2.38. The minimum absolute atomic E-state index is 0.850. The smallest absolute Gasteiger partial charge is 0.162 e. The SMILES string of the molecule is CCCCNC1=C([NH2+]C)c2ccccc2NCc2ccccc21. The summed E-state index contributed by atoms with van der Waals surface area (Å²) in [5, 5.41) is 9.52. The number of hydrogen-bond acceptors (Lipinski definition) is 2. The van der Waals surface area contributed by atoms with Crippen LogP contribution in [-0.2, 0) is 6.54 Å². The lowest BCUT2D eigenvalue weighted by molar-refractivity contribution is -0.529. The molecular formula is C20H26N3+. The number of hydrogen-bond donors (Lipinski definition) is 3. The third-order valence-corrected chi connectivity index (χ3v) is 4.36. The molecule has 3 heteroatoms. The first-order chi connectivity index (χ1) is 11.3. The highest BCUT2D eigenvalue weighted by atomic mass is 15.0. The molecule has 23 heavy (non-hydrogen) atoms. The van der Waals surface area contributed by atoms with Gasteiger partial charge in [-0.25, -0.2) is 0 Å². The van der Waals surface area contributed by atoms with Crippen molar-refractivity contribution in [3.8, 4) is 0 Å². The van der Waals surface area contributed by atoms with Gasteiger partial charge in [0.1, 0.15) is 5.70 Å². The van der Waals surface area contributed by atoms with Gasteiger partial charge in [-0.1, -0.05) is 49.7 Å². The van der Waals surface area contributed by atoms with Gasteiger partial charge in [0, 0.05) is 24.3 Å². The molecule has 120 valence electrons. The summed E-state index contributed by atoms with van der Waals surface area (Å²) in [4.78, 5) is 0. The molecule has 4 N–H and O–H groups in total. The van der Waals surface area contributed by atoms with E-state index >= 15 is 0 Å². The van der Waals surface area contributed by atoms with Crippen LogP contribution < -0.4 is 16.0 Å². The summed E-state index contributed by atoms with van der Waals surface area (Å²) in [6, 6.07) is 17.3. The van der Waals surface area contributed by atoms with Crippen molar-refractivity contribution in [2.24, 2.45) is 0 Å². The van der Waals surface area contributed by atoms with Crippen LogP contribution in [-0.4, -0.2) is 13.6 Å². The van der Waals surface area contributed by atoms with Gasteiger partial charge in [0.05, 0.1) is 12.6 Å². The quantitative estimate of drug-likeness (QED) is 0.743. The molecule has 0 unspecified atom stereocenters. The summed E-state index contributed by atoms with van der Waals surface area (Å²) in [7, 11) is 2.12. The molecule has 3 rings (SSSR count). The zero-order valence-corrected chi connectivity index (χ0v) is 14.0. The number of para-hydroxylation sites is 1. The second-order valence-electron chi connectivity index (χ2n) is 5.91. The molecule has 0 fully saturated rings. The highest BCUT2D eigenvalue weighted by molar-refractivity contribution is 5.90. The molecule has 0 aliphatic carbocycles. The molecule has 0 saturated heterocycles. The summed E-state index contributed by atoms with van der Waals surface area (Å²) in [5.74, 6) is 0. The Bertz CT molecular complexity index is 704. The molecule has 0 radical (unpaired) electrons. The highest BCUT2D eigenvalue weighted by Gasteiger charge is 2.21. The predicted octanol–water partition coefficient (Wildman–Crippen LogP) is 3.02. The Morgan fingerprint density at radius 3 is 2.57 bits per heavy atom. The van der Waals surface area contributed by atoms with Crippen molar-refractivity contribution in [1.29, 1.82) is 0 Å². The van der Waals surface area contributed by atoms with Crippen LogP contribution in [0.4, 0.5) is 5.69 Å². The third-order valence-electron chi connectivity index (χ3n) is 4.36. The van der Waals surface area contributed by atoms with E-state index in [2.05, 4.69) is 78.5 Å². The Labute approximate surface area is 138 Å². The average molecular weight is 308 g/mol. The monoisotopic (exact) mass is 308 g/mol. The fourth-order valence-corrected chi connectivity index (χ4v) is 3.14. The van der Waals surface area contributed by atoms with Gasteiger partial charge in [-0.05, 0) is 24.1 Å². The van der Waals surface area contributed by atoms with Gasteiger partial charge in [-0.2, -0.15) is 0 Å². The first kappa shape index (κ1) is 15.6. The number of anilines is 1. The van der Waals surface area contributed by atoms with Crippen molar-refractivity contribution >= 4 is 17.1 Å². The molecule has 1 aliphatic heterocycles. The van der Waals surface area contributed by atoms with Crippen LogP contribution in [0, 0.1) is 0 Å². The molecule has 0 aromatic heterocycles. The van der Waals surface area contributed by atoms with E-state index in [4.69, 9.17) is 0 Å². The third kappa shape index (κ3) is 3.25. The van der Waals surface area contributed by atoms with Crippen LogP contribution in [0.2, 0.25) is 0 Å². The highest BCUT2D eigenvalue weighted by Crippen LogP contribution is 2.30. The van der Waals surface area contributed by atoms with Crippen molar-refractivity contribution in [2.45, 2.75) is 26.3 Å². The Kier molecular flexibility index (Phi) is 4.99. The van der Waals surface area contributed by atoms with E-state index in [9.17, 15) is 0 Å². The van der Waals surface area contributed by atoms with Crippen molar-refractivity contribution < 1.29 is 5.32 Å². The summed E-state index contributed by atoms with van der Waals surface area (Å²) >= 11 is 0. The van der Waals surface area contributed by atoms with Gasteiger partial charge in [-0.15, -0.1) is 0 Å². The Balaban J connectivity index is 2.16. The lowest BCUT2D eigenvalue weighted by Crippen LogP contribution is -2.76. The Morgan fingerprint density at radius 2 is 1.78 bits per heavy atom. The number of nitrogens with two attached hydrogens (primary N) is 1. The first-order valence-corrected chi connectivity index (χ1v) is 8.54. The number of nitrogens with one attached hydrogen (secondary N) is 2. The lowest BCUT2D eigenvalue weighted by atomic mass is 9.97. The van der Waals surface area contributed by atoms with E-state index in [1.54, 1.807) is 0 Å². The van der Waals surface area contributed by atoms with E-state index < -0.39 is 0 Å². The molecule has 0 bridgehead atoms. The molecule has 0 spiro atoms. The molecule has 1 aliphatic rings. The number of quaternary nitrogens is 1. The largest absolute Gasteiger partial charge is 0.380 e. The fourth-order valence-electron chi connectivity index (χ4n) is 3.14. The second-order valence-corrected chi connectivity index (χ2v) is 5.91. The maximum Gasteiger partial charge on any atom is 0.162 e. The molecule has 1 heterocycles. The van der Waals surface area contributed by atoms with Crippen LogP contribution in [0.15, 0.2) is 48.5 Å². The standard InChI is InChI=1S/C20H25N3/c1-3-4-13-22-20-16-10-6-5-9-15(16)14-23-18-12-8-7-11-17(18)19(20)21-2/h5-12,21-23H,3-4,13-14H2,1-2H3/p+1. The topological polar surface area (TPSA) is 40.7 Å². The van der Waals surface area contributed by atoms with Gasteiger partial charge < -0.3 is 16.0 Å². The molecule has 2 aromatic rings. The van der Waals surface area contributed by atoms with Gasteiger partial charge in [-0.3, -0.25) is 0 Å². The Hall–Kier alpha value is -2.26. The van der Waals surface area contributed by atoms with Crippen molar-refractivity contribution in [3.63, 3.8) is 0 Å². The zero-order valence-electron chi connectivity index (χ0n) is 14.0. The molecule has 3 nitrogen and oxygen atoms in total. The van der Waals surface area contributed by atoms with E-state index in [0.717, 1.165) is 13.1 Å². The van der Waals surface area contributed by atoms with Gasteiger partial charge >= 0.3 is 0 Å². The van der Waals surface area contributed by atoms with E-state index in [1.807, 2.05) is 0 Å². The number of unbranched alkanes of at least 4 members (excludes halogenated alkanes) is 1. The van der Waals surface area contributed by atoms with E-state index in [0.29, 0.717) is 0 Å². The number of rotatable bonds is 5. The Morgan fingerprint density at radius 1 is 1.04 bits per heavy atom. The predicted molar refractivity (Wildman–Crippen MR) is 97.8 cm³/mol. The van der Waals surface area contributed by atoms with Crippen molar-refractivity contribution in [3.05, 3.63) is 65.2 Å². The minimum atomic E-state index is 0.850. The molecular weight excluding hydrogens is 282 g/mol. The minimum Gasteiger partial charge on any atom is -0.380 e. The maximum absolute atomic E-state index is 3.71. The van der Waals surface area contributed by atoms with E-state index in [1.165, 1.54) is 46.6 Å². The second kappa shape index (κ2) is 7.34. The van der Waals surface area contributed by atoms with Gasteiger partial charge in [0.15, 0.2) is 5.70 Å². The maximum atomic E-state index is 3.71. The summed E-state index contributed by atoms with van der Waals surface area (Å²) < 4.78 is 0. The first-order valence-electron chi connectivity index (χ1n) is 8.54. The van der Waals surface area contributed by atoms with Crippen molar-refractivity contribution in [1.82, 2.24) is 5.32 Å². The van der Waals surface area contributed by atoms with Crippen LogP contribution in [0.5, 0.6) is 0 Å². The van der Waals surface area contributed by atoms with Crippen LogP contribution >= 0.6 is 0 Å². The van der Waals surface area contributed by atoms with Crippen LogP contribution in [0.1, 0.15) is 36.5 Å². The summed E-state index contributed by atoms with van der Waals surface area (Å²) in [5.41, 5.74) is 7.63. The van der Waals surface area contributed by atoms with Gasteiger partial charge in [0.2, 0.25) is 0 Å². The van der Waals surface area contributed by atoms with Crippen LogP contribution in [0.3, 0.4) is 0 Å². The summed E-state index contributed by atoms with van der Waals surface area (Å²) in [6.45, 7) is 4.09. The number of fused-ring (bicyclic) bond motifs is 2. The zero-order chi connectivity index (χ0) is 16.1. The molecule has 0 saturated carbocycles. The number of benzene rings is 2. The van der Waals surface area contributed by atoms with Gasteiger partial charge in [0.25, 0.3) is 0 Å². The van der Waals surface area contributed by atoms with Crippen molar-refractivity contribution in [2.75, 3.05) is 18.9 Å².